The van der Waals surface area contributed by atoms with Gasteiger partial charge in [0.25, 0.3) is 0 Å². The van der Waals surface area contributed by atoms with Gasteiger partial charge < -0.3 is 4.90 Å². The summed E-state index contributed by atoms with van der Waals surface area (Å²) in [6.45, 7) is 4.19. The lowest BCUT2D eigenvalue weighted by Crippen LogP contribution is -2.50. The minimum atomic E-state index is -0.446. The van der Waals surface area contributed by atoms with E-state index in [1.807, 2.05) is 0 Å². The highest BCUT2D eigenvalue weighted by Crippen LogP contribution is 2.24. The van der Waals surface area contributed by atoms with Crippen LogP contribution in [-0.4, -0.2) is 47.1 Å². The van der Waals surface area contributed by atoms with Crippen LogP contribution in [0.25, 0.3) is 0 Å². The van der Waals surface area contributed by atoms with Crippen molar-refractivity contribution in [3.05, 3.63) is 18.3 Å². The van der Waals surface area contributed by atoms with Crippen molar-refractivity contribution in [2.24, 2.45) is 0 Å². The van der Waals surface area contributed by atoms with Crippen LogP contribution in [0.15, 0.2) is 12.4 Å². The highest BCUT2D eigenvalue weighted by molar-refractivity contribution is 5.38. The van der Waals surface area contributed by atoms with Crippen molar-refractivity contribution in [3.8, 4) is 0 Å². The van der Waals surface area contributed by atoms with Gasteiger partial charge in [0.15, 0.2) is 0 Å². The molecule has 0 bridgehead atoms. The molecule has 3 rings (SSSR count). The number of hydrogen-bond donors (Lipinski definition) is 0. The molecule has 0 spiro atoms. The van der Waals surface area contributed by atoms with Gasteiger partial charge in [-0.1, -0.05) is 0 Å². The van der Waals surface area contributed by atoms with E-state index in [4.69, 9.17) is 0 Å². The zero-order valence-electron chi connectivity index (χ0n) is 9.14. The summed E-state index contributed by atoms with van der Waals surface area (Å²) in [4.78, 5) is 12.3. The Hall–Kier alpha value is -1.23. The summed E-state index contributed by atoms with van der Waals surface area (Å²) >= 11 is 0. The number of halogens is 1. The van der Waals surface area contributed by atoms with E-state index in [1.54, 1.807) is 0 Å². The Labute approximate surface area is 94.1 Å². The number of hydrogen-bond acceptors (Lipinski definition) is 4. The van der Waals surface area contributed by atoms with Gasteiger partial charge in [0.1, 0.15) is 12.1 Å². The first-order valence-corrected chi connectivity index (χ1v) is 5.79. The second-order valence-corrected chi connectivity index (χ2v) is 4.48. The largest absolute Gasteiger partial charge is 0.354 e. The molecule has 1 atom stereocenters. The normalized spacial score (nSPS) is 25.8. The van der Waals surface area contributed by atoms with Crippen LogP contribution in [0.4, 0.5) is 10.2 Å². The van der Waals surface area contributed by atoms with Crippen molar-refractivity contribution in [1.29, 1.82) is 0 Å². The fraction of sp³-hybridized carbons (Fsp3) is 0.636. The van der Waals surface area contributed by atoms with Crippen LogP contribution in [0.1, 0.15) is 12.8 Å². The summed E-state index contributed by atoms with van der Waals surface area (Å²) in [5.74, 6) is 0.276. The van der Waals surface area contributed by atoms with E-state index in [1.165, 1.54) is 31.8 Å². The van der Waals surface area contributed by atoms with E-state index < -0.39 is 5.95 Å². The fourth-order valence-corrected chi connectivity index (χ4v) is 2.70. The lowest BCUT2D eigenvalue weighted by molar-refractivity contribution is 0.230. The zero-order chi connectivity index (χ0) is 11.0. The van der Waals surface area contributed by atoms with Crippen LogP contribution < -0.4 is 4.90 Å². The quantitative estimate of drug-likeness (QED) is 0.661. The smallest absolute Gasteiger partial charge is 0.218 e. The lowest BCUT2D eigenvalue weighted by Gasteiger charge is -2.38. The average Bonchev–Trinajstić information content (AvgIpc) is 2.75. The third-order valence-corrected chi connectivity index (χ3v) is 3.53. The molecule has 0 aliphatic carbocycles. The second kappa shape index (κ2) is 3.97. The van der Waals surface area contributed by atoms with Crippen LogP contribution in [0, 0.1) is 5.95 Å². The monoisotopic (exact) mass is 222 g/mol. The highest BCUT2D eigenvalue weighted by Gasteiger charge is 2.30. The Kier molecular flexibility index (Phi) is 2.47. The fourth-order valence-electron chi connectivity index (χ4n) is 2.70. The third kappa shape index (κ3) is 1.75. The molecule has 2 fully saturated rings. The maximum atomic E-state index is 13.0. The molecule has 2 aliphatic heterocycles. The van der Waals surface area contributed by atoms with Crippen molar-refractivity contribution in [3.63, 3.8) is 0 Å². The second-order valence-electron chi connectivity index (χ2n) is 4.48. The Balaban J connectivity index is 1.76. The predicted octanol–water partition coefficient (Wildman–Crippen LogP) is 0.900. The first kappa shape index (κ1) is 9.96. The number of aromatic nitrogens is 2. The van der Waals surface area contributed by atoms with Crippen LogP contribution in [0.3, 0.4) is 0 Å². The molecule has 3 heterocycles. The molecule has 86 valence electrons. The van der Waals surface area contributed by atoms with Crippen molar-refractivity contribution >= 4 is 5.82 Å². The minimum absolute atomic E-state index is 0.446. The van der Waals surface area contributed by atoms with Crippen LogP contribution in [-0.2, 0) is 0 Å². The molecule has 2 aliphatic rings. The number of fused-ring (bicyclic) bond motifs is 1. The predicted molar refractivity (Wildman–Crippen MR) is 58.8 cm³/mol. The Morgan fingerprint density at radius 3 is 3.06 bits per heavy atom. The summed E-state index contributed by atoms with van der Waals surface area (Å²) < 4.78 is 13.0. The molecule has 5 heteroatoms. The van der Waals surface area contributed by atoms with Gasteiger partial charge in [-0.3, -0.25) is 4.90 Å². The van der Waals surface area contributed by atoms with Gasteiger partial charge in [-0.25, -0.2) is 9.97 Å². The van der Waals surface area contributed by atoms with E-state index in [9.17, 15) is 4.39 Å². The Morgan fingerprint density at radius 1 is 1.25 bits per heavy atom. The number of nitrogens with zero attached hydrogens (tertiary/aromatic N) is 4. The molecule has 0 amide bonds. The van der Waals surface area contributed by atoms with Crippen molar-refractivity contribution in [1.82, 2.24) is 14.9 Å². The van der Waals surface area contributed by atoms with Crippen molar-refractivity contribution in [2.45, 2.75) is 18.9 Å². The molecule has 1 aromatic rings. The van der Waals surface area contributed by atoms with E-state index in [2.05, 4.69) is 19.8 Å². The summed E-state index contributed by atoms with van der Waals surface area (Å²) in [5.41, 5.74) is 0. The molecule has 2 saturated heterocycles. The van der Waals surface area contributed by atoms with Crippen LogP contribution in [0.2, 0.25) is 0 Å². The molecule has 4 nitrogen and oxygen atoms in total. The van der Waals surface area contributed by atoms with Gasteiger partial charge in [0, 0.05) is 31.7 Å². The number of rotatable bonds is 1. The maximum Gasteiger partial charge on any atom is 0.218 e. The van der Waals surface area contributed by atoms with Crippen molar-refractivity contribution < 1.29 is 4.39 Å². The summed E-state index contributed by atoms with van der Waals surface area (Å²) in [7, 11) is 0. The summed E-state index contributed by atoms with van der Waals surface area (Å²) in [5, 5.41) is 0. The van der Waals surface area contributed by atoms with E-state index in [-0.39, 0.29) is 0 Å². The molecule has 1 aromatic heterocycles. The van der Waals surface area contributed by atoms with Gasteiger partial charge in [0.05, 0.1) is 0 Å². The van der Waals surface area contributed by atoms with E-state index >= 15 is 0 Å². The maximum absolute atomic E-state index is 13.0. The highest BCUT2D eigenvalue weighted by atomic mass is 19.1. The van der Waals surface area contributed by atoms with Crippen LogP contribution in [0.5, 0.6) is 0 Å². The molecular weight excluding hydrogens is 207 g/mol. The number of piperazine rings is 1. The van der Waals surface area contributed by atoms with Crippen LogP contribution >= 0.6 is 0 Å². The van der Waals surface area contributed by atoms with Gasteiger partial charge in [0.2, 0.25) is 5.95 Å². The molecule has 1 unspecified atom stereocenters. The standard InChI is InChI=1S/C11H15FN4/c12-10-6-11(14-8-13-10)16-5-4-15-3-1-2-9(15)7-16/h6,8-9H,1-5,7H2. The third-order valence-electron chi connectivity index (χ3n) is 3.53. The molecule has 0 saturated carbocycles. The minimum Gasteiger partial charge on any atom is -0.354 e. The lowest BCUT2D eigenvalue weighted by atomic mass is 10.1. The van der Waals surface area contributed by atoms with Gasteiger partial charge >= 0.3 is 0 Å². The first-order chi connectivity index (χ1) is 7.83. The molecule has 0 N–H and O–H groups in total. The summed E-state index contributed by atoms with van der Waals surface area (Å²) in [6, 6.07) is 2.05. The Morgan fingerprint density at radius 2 is 2.19 bits per heavy atom. The van der Waals surface area contributed by atoms with Crippen molar-refractivity contribution in [2.75, 3.05) is 31.1 Å². The first-order valence-electron chi connectivity index (χ1n) is 5.79. The Bertz CT molecular complexity index is 384. The summed E-state index contributed by atoms with van der Waals surface area (Å²) in [6.07, 6.45) is 3.84. The van der Waals surface area contributed by atoms with Gasteiger partial charge in [-0.05, 0) is 19.4 Å². The molecule has 0 aromatic carbocycles. The van der Waals surface area contributed by atoms with E-state index in [0.29, 0.717) is 6.04 Å². The molecule has 0 radical (unpaired) electrons. The van der Waals surface area contributed by atoms with Gasteiger partial charge in [-0.2, -0.15) is 4.39 Å². The zero-order valence-corrected chi connectivity index (χ0v) is 9.14. The van der Waals surface area contributed by atoms with Gasteiger partial charge in [-0.15, -0.1) is 0 Å². The SMILES string of the molecule is Fc1cc(N2CCN3CCCC3C2)ncn1. The molecule has 16 heavy (non-hydrogen) atoms. The molecular formula is C11H15FN4. The van der Waals surface area contributed by atoms with E-state index in [0.717, 1.165) is 25.5 Å². The number of anilines is 1. The average molecular weight is 222 g/mol. The topological polar surface area (TPSA) is 32.3 Å².